The highest BCUT2D eigenvalue weighted by Gasteiger charge is 2.22. The van der Waals surface area contributed by atoms with Gasteiger partial charge in [-0.05, 0) is 18.9 Å². The smallest absolute Gasteiger partial charge is 0.0802 e. The summed E-state index contributed by atoms with van der Waals surface area (Å²) in [5.74, 6) is 0.688. The average molecular weight is 194 g/mol. The van der Waals surface area contributed by atoms with Crippen molar-refractivity contribution in [3.8, 4) is 0 Å². The minimum atomic E-state index is -0.427. The standard InChI is InChI=1S/C8H16ClNO2/c9-3-8(12)5-10-2-1-7(4-10)6-11/h7-8,11-12H,1-6H2. The molecule has 4 heteroatoms. The van der Waals surface area contributed by atoms with E-state index >= 15 is 0 Å². The highest BCUT2D eigenvalue weighted by molar-refractivity contribution is 6.18. The van der Waals surface area contributed by atoms with Gasteiger partial charge in [0.15, 0.2) is 0 Å². The Morgan fingerprint density at radius 2 is 2.33 bits per heavy atom. The minimum Gasteiger partial charge on any atom is -0.396 e. The second-order valence-electron chi connectivity index (χ2n) is 3.40. The van der Waals surface area contributed by atoms with E-state index in [-0.39, 0.29) is 6.61 Å². The van der Waals surface area contributed by atoms with Crippen molar-refractivity contribution in [3.63, 3.8) is 0 Å². The Bertz CT molecular complexity index is 134. The number of alkyl halides is 1. The number of nitrogens with zero attached hydrogens (tertiary/aromatic N) is 1. The van der Waals surface area contributed by atoms with E-state index in [4.69, 9.17) is 16.7 Å². The van der Waals surface area contributed by atoms with Gasteiger partial charge in [-0.2, -0.15) is 0 Å². The summed E-state index contributed by atoms with van der Waals surface area (Å²) in [6.45, 7) is 2.76. The Hall–Kier alpha value is 0.170. The minimum absolute atomic E-state index is 0.257. The van der Waals surface area contributed by atoms with Crippen LogP contribution in [0.2, 0.25) is 0 Å². The third-order valence-corrected chi connectivity index (χ3v) is 2.63. The highest BCUT2D eigenvalue weighted by Crippen LogP contribution is 2.15. The summed E-state index contributed by atoms with van der Waals surface area (Å²) in [5.41, 5.74) is 0. The number of likely N-dealkylation sites (tertiary alicyclic amines) is 1. The van der Waals surface area contributed by atoms with Crippen molar-refractivity contribution in [2.24, 2.45) is 5.92 Å². The Morgan fingerprint density at radius 1 is 1.58 bits per heavy atom. The summed E-state index contributed by atoms with van der Waals surface area (Å²) >= 11 is 5.47. The summed E-state index contributed by atoms with van der Waals surface area (Å²) < 4.78 is 0. The van der Waals surface area contributed by atoms with Crippen molar-refractivity contribution in [1.29, 1.82) is 0 Å². The lowest BCUT2D eigenvalue weighted by Gasteiger charge is -2.17. The van der Waals surface area contributed by atoms with Crippen LogP contribution in [0.5, 0.6) is 0 Å². The molecule has 0 bridgehead atoms. The van der Waals surface area contributed by atoms with E-state index in [0.29, 0.717) is 18.3 Å². The van der Waals surface area contributed by atoms with Crippen LogP contribution in [0.4, 0.5) is 0 Å². The molecular weight excluding hydrogens is 178 g/mol. The molecular formula is C8H16ClNO2. The first kappa shape index (κ1) is 10.3. The van der Waals surface area contributed by atoms with Crippen molar-refractivity contribution in [3.05, 3.63) is 0 Å². The molecule has 0 aliphatic carbocycles. The van der Waals surface area contributed by atoms with E-state index in [1.165, 1.54) is 0 Å². The van der Waals surface area contributed by atoms with Gasteiger partial charge in [-0.1, -0.05) is 0 Å². The highest BCUT2D eigenvalue weighted by atomic mass is 35.5. The van der Waals surface area contributed by atoms with Crippen molar-refractivity contribution in [2.75, 3.05) is 32.1 Å². The number of halogens is 1. The van der Waals surface area contributed by atoms with Gasteiger partial charge in [0.2, 0.25) is 0 Å². The maximum atomic E-state index is 9.24. The largest absolute Gasteiger partial charge is 0.396 e. The van der Waals surface area contributed by atoms with Crippen LogP contribution in [0.25, 0.3) is 0 Å². The maximum Gasteiger partial charge on any atom is 0.0802 e. The van der Waals surface area contributed by atoms with Crippen LogP contribution in [0.15, 0.2) is 0 Å². The number of rotatable bonds is 4. The van der Waals surface area contributed by atoms with E-state index < -0.39 is 6.10 Å². The lowest BCUT2D eigenvalue weighted by Crippen LogP contribution is -2.31. The molecule has 1 aliphatic heterocycles. The van der Waals surface area contributed by atoms with Gasteiger partial charge in [0.05, 0.1) is 6.10 Å². The first-order valence-electron chi connectivity index (χ1n) is 4.33. The zero-order chi connectivity index (χ0) is 8.97. The second kappa shape index (κ2) is 5.02. The Kier molecular flexibility index (Phi) is 4.29. The summed E-state index contributed by atoms with van der Waals surface area (Å²) in [5, 5.41) is 18.1. The first-order chi connectivity index (χ1) is 5.76. The SMILES string of the molecule is OCC1CCN(CC(O)CCl)C1. The number of aliphatic hydroxyl groups is 2. The molecule has 3 nitrogen and oxygen atoms in total. The van der Waals surface area contributed by atoms with Crippen LogP contribution < -0.4 is 0 Å². The molecule has 1 aliphatic rings. The summed E-state index contributed by atoms with van der Waals surface area (Å²) in [4.78, 5) is 2.15. The van der Waals surface area contributed by atoms with Gasteiger partial charge >= 0.3 is 0 Å². The molecule has 0 aromatic carbocycles. The van der Waals surface area contributed by atoms with Gasteiger partial charge in [-0.3, -0.25) is 0 Å². The van der Waals surface area contributed by atoms with Gasteiger partial charge in [-0.25, -0.2) is 0 Å². The molecule has 0 radical (unpaired) electrons. The first-order valence-corrected chi connectivity index (χ1v) is 4.87. The average Bonchev–Trinajstić information content (AvgIpc) is 2.52. The van der Waals surface area contributed by atoms with Gasteiger partial charge in [-0.15, -0.1) is 11.6 Å². The number of hydrogen-bond donors (Lipinski definition) is 2. The van der Waals surface area contributed by atoms with Crippen LogP contribution in [0.1, 0.15) is 6.42 Å². The normalized spacial score (nSPS) is 27.8. The molecule has 1 rings (SSSR count). The predicted molar refractivity (Wildman–Crippen MR) is 48.4 cm³/mol. The number of aliphatic hydroxyl groups excluding tert-OH is 2. The fourth-order valence-electron chi connectivity index (χ4n) is 1.57. The molecule has 72 valence electrons. The van der Waals surface area contributed by atoms with Gasteiger partial charge in [0.25, 0.3) is 0 Å². The van der Waals surface area contributed by atoms with E-state index in [0.717, 1.165) is 19.5 Å². The molecule has 0 amide bonds. The summed E-state index contributed by atoms with van der Waals surface area (Å²) in [6, 6.07) is 0. The topological polar surface area (TPSA) is 43.7 Å². The van der Waals surface area contributed by atoms with Gasteiger partial charge in [0.1, 0.15) is 0 Å². The quantitative estimate of drug-likeness (QED) is 0.613. The molecule has 2 atom stereocenters. The van der Waals surface area contributed by atoms with E-state index in [1.54, 1.807) is 0 Å². The zero-order valence-corrected chi connectivity index (χ0v) is 7.87. The van der Waals surface area contributed by atoms with Crippen LogP contribution in [0.3, 0.4) is 0 Å². The molecule has 1 heterocycles. The molecule has 1 fully saturated rings. The summed E-state index contributed by atoms with van der Waals surface area (Å²) in [6.07, 6.45) is 0.606. The van der Waals surface area contributed by atoms with Crippen LogP contribution in [-0.4, -0.2) is 53.3 Å². The Labute approximate surface area is 77.9 Å². The summed E-state index contributed by atoms with van der Waals surface area (Å²) in [7, 11) is 0. The second-order valence-corrected chi connectivity index (χ2v) is 3.71. The lowest BCUT2D eigenvalue weighted by atomic mass is 10.1. The van der Waals surface area contributed by atoms with E-state index in [2.05, 4.69) is 4.90 Å². The van der Waals surface area contributed by atoms with Gasteiger partial charge < -0.3 is 15.1 Å². The Morgan fingerprint density at radius 3 is 2.83 bits per heavy atom. The van der Waals surface area contributed by atoms with E-state index in [9.17, 15) is 5.11 Å². The van der Waals surface area contributed by atoms with E-state index in [1.807, 2.05) is 0 Å². The van der Waals surface area contributed by atoms with Crippen LogP contribution in [-0.2, 0) is 0 Å². The molecule has 12 heavy (non-hydrogen) atoms. The fraction of sp³-hybridized carbons (Fsp3) is 1.00. The van der Waals surface area contributed by atoms with Gasteiger partial charge in [0, 0.05) is 25.6 Å². The van der Waals surface area contributed by atoms with Crippen molar-refractivity contribution < 1.29 is 10.2 Å². The molecule has 0 aromatic heterocycles. The Balaban J connectivity index is 2.18. The van der Waals surface area contributed by atoms with Crippen molar-refractivity contribution in [2.45, 2.75) is 12.5 Å². The maximum absolute atomic E-state index is 9.24. The predicted octanol–water partition coefficient (Wildman–Crippen LogP) is -0.0997. The lowest BCUT2D eigenvalue weighted by molar-refractivity contribution is 0.137. The molecule has 0 aromatic rings. The van der Waals surface area contributed by atoms with Crippen LogP contribution in [0, 0.1) is 5.92 Å². The number of hydrogen-bond acceptors (Lipinski definition) is 3. The van der Waals surface area contributed by atoms with Crippen LogP contribution >= 0.6 is 11.6 Å². The molecule has 2 N–H and O–H groups in total. The third kappa shape index (κ3) is 2.90. The molecule has 2 unspecified atom stereocenters. The zero-order valence-electron chi connectivity index (χ0n) is 7.12. The fourth-order valence-corrected chi connectivity index (χ4v) is 1.67. The van der Waals surface area contributed by atoms with Crippen molar-refractivity contribution >= 4 is 11.6 Å². The molecule has 1 saturated heterocycles. The third-order valence-electron chi connectivity index (χ3n) is 2.28. The van der Waals surface area contributed by atoms with Crippen molar-refractivity contribution in [1.82, 2.24) is 4.90 Å². The monoisotopic (exact) mass is 193 g/mol. The number of β-amino-alcohol motifs (C(OH)–C–C–N with tert-alkyl or cyclic N) is 1. The molecule has 0 saturated carbocycles. The molecule has 0 spiro atoms.